The first-order valence-corrected chi connectivity index (χ1v) is 11.5. The molecule has 0 aliphatic heterocycles. The molecule has 0 bridgehead atoms. The van der Waals surface area contributed by atoms with Crippen molar-refractivity contribution in [3.05, 3.63) is 186 Å². The van der Waals surface area contributed by atoms with Crippen molar-refractivity contribution in [1.82, 2.24) is 0 Å². The van der Waals surface area contributed by atoms with Gasteiger partial charge in [-0.2, -0.15) is 0 Å². The van der Waals surface area contributed by atoms with Gasteiger partial charge < -0.3 is 0 Å². The minimum atomic E-state index is 0. The third-order valence-corrected chi connectivity index (χ3v) is 5.71. The van der Waals surface area contributed by atoms with Crippen molar-refractivity contribution in [1.29, 1.82) is 0 Å². The van der Waals surface area contributed by atoms with E-state index in [0.29, 0.717) is 0 Å². The van der Waals surface area contributed by atoms with Crippen LogP contribution in [0.1, 0.15) is 27.8 Å². The zero-order valence-corrected chi connectivity index (χ0v) is 20.7. The van der Waals surface area contributed by atoms with Gasteiger partial charge in [-0.25, -0.2) is 0 Å². The smallest absolute Gasteiger partial charge is 0.150 e. The van der Waals surface area contributed by atoms with Crippen LogP contribution in [0, 0.1) is 12.1 Å². The van der Waals surface area contributed by atoms with Crippen LogP contribution in [0.5, 0.6) is 0 Å². The van der Waals surface area contributed by atoms with Gasteiger partial charge in [0.1, 0.15) is 0 Å². The molecule has 0 radical (unpaired) electrons. The molecule has 0 saturated heterocycles. The number of rotatable bonds is 6. The predicted octanol–water partition coefficient (Wildman–Crippen LogP) is 8.38. The summed E-state index contributed by atoms with van der Waals surface area (Å²) >= 11 is 0. The minimum Gasteiger partial charge on any atom is -0.150 e. The summed E-state index contributed by atoms with van der Waals surface area (Å²) in [5, 5.41) is 0. The second kappa shape index (κ2) is 12.1. The van der Waals surface area contributed by atoms with E-state index >= 15 is 0 Å². The molecule has 5 aromatic carbocycles. The van der Waals surface area contributed by atoms with Crippen LogP contribution in [0.25, 0.3) is 16.7 Å². The Morgan fingerprint density at radius 2 is 0.971 bits per heavy atom. The fraction of sp³-hybridized carbons (Fsp3) is 0. The standard InChI is InChI=1S/C34H24.Pd/c1-6-16-27(17-7-1)26-32(28-18-8-2-9-19-28)34(31-24-14-5-15-25-31)33(29-20-10-3-11-21-29)30-22-12-4-13-23-30;/h1-22,24-25H;/q-2;+2/b34-33-;. The molecular weight excluding hydrogens is 515 g/mol. The zero-order valence-electron chi connectivity index (χ0n) is 19.2. The summed E-state index contributed by atoms with van der Waals surface area (Å²) < 4.78 is 0. The molecule has 0 saturated carbocycles. The first kappa shape index (κ1) is 24.4. The zero-order chi connectivity index (χ0) is 23.0. The molecule has 0 heterocycles. The molecule has 5 rings (SSSR count). The molecule has 0 atom stereocenters. The van der Waals surface area contributed by atoms with E-state index in [4.69, 9.17) is 0 Å². The molecule has 0 N–H and O–H groups in total. The topological polar surface area (TPSA) is 0 Å². The van der Waals surface area contributed by atoms with E-state index in [1.165, 1.54) is 0 Å². The van der Waals surface area contributed by atoms with Gasteiger partial charge >= 0.3 is 20.4 Å². The minimum absolute atomic E-state index is 0. The fourth-order valence-electron chi connectivity index (χ4n) is 4.16. The summed E-state index contributed by atoms with van der Waals surface area (Å²) in [6.45, 7) is 0. The van der Waals surface area contributed by atoms with Crippen molar-refractivity contribution in [2.45, 2.75) is 0 Å². The van der Waals surface area contributed by atoms with Crippen LogP contribution in [-0.2, 0) is 20.4 Å². The van der Waals surface area contributed by atoms with Crippen molar-refractivity contribution in [3.8, 4) is 0 Å². The molecular formula is C34H24Pd. The molecule has 0 spiro atoms. The maximum Gasteiger partial charge on any atom is 2.00 e. The Bertz CT molecular complexity index is 1350. The average molecular weight is 539 g/mol. The summed E-state index contributed by atoms with van der Waals surface area (Å²) in [4.78, 5) is 0. The molecule has 1 heteroatoms. The average Bonchev–Trinajstić information content (AvgIpc) is 2.93. The summed E-state index contributed by atoms with van der Waals surface area (Å²) in [7, 11) is 0. The van der Waals surface area contributed by atoms with Gasteiger partial charge in [-0.1, -0.05) is 126 Å². The van der Waals surface area contributed by atoms with E-state index in [1.54, 1.807) is 0 Å². The summed E-state index contributed by atoms with van der Waals surface area (Å²) in [6, 6.07) is 53.8. The first-order chi connectivity index (χ1) is 16.9. The van der Waals surface area contributed by atoms with Crippen molar-refractivity contribution >= 4 is 16.7 Å². The SMILES string of the molecule is [C-](=C(/C(=C(\c1[c-]cccc1)c1ccccc1)c1ccccc1)c1ccccc1)c1ccccc1.[Pd+2]. The first-order valence-electron chi connectivity index (χ1n) is 11.5. The van der Waals surface area contributed by atoms with E-state index < -0.39 is 0 Å². The number of allylic oxidation sites excluding steroid dienone is 2. The Hall–Kier alpha value is -3.76. The van der Waals surface area contributed by atoms with E-state index in [-0.39, 0.29) is 20.4 Å². The van der Waals surface area contributed by atoms with Gasteiger partial charge in [0, 0.05) is 0 Å². The maximum absolute atomic E-state index is 3.76. The molecule has 0 aromatic heterocycles. The van der Waals surface area contributed by atoms with Gasteiger partial charge in [0.05, 0.1) is 0 Å². The third kappa shape index (κ3) is 5.84. The van der Waals surface area contributed by atoms with Crippen LogP contribution in [0.15, 0.2) is 146 Å². The van der Waals surface area contributed by atoms with E-state index in [9.17, 15) is 0 Å². The molecule has 0 amide bonds. The third-order valence-electron chi connectivity index (χ3n) is 5.71. The molecule has 0 aliphatic carbocycles. The Morgan fingerprint density at radius 3 is 1.51 bits per heavy atom. The maximum atomic E-state index is 3.76. The van der Waals surface area contributed by atoms with Crippen molar-refractivity contribution in [3.63, 3.8) is 0 Å². The van der Waals surface area contributed by atoms with Crippen LogP contribution in [-0.4, -0.2) is 0 Å². The monoisotopic (exact) mass is 538 g/mol. The van der Waals surface area contributed by atoms with E-state index in [1.807, 2.05) is 18.2 Å². The Morgan fingerprint density at radius 1 is 0.486 bits per heavy atom. The number of benzene rings is 5. The summed E-state index contributed by atoms with van der Waals surface area (Å²) in [5.74, 6) is 0. The van der Waals surface area contributed by atoms with Gasteiger partial charge in [-0.15, -0.1) is 76.4 Å². The van der Waals surface area contributed by atoms with E-state index in [0.717, 1.165) is 44.5 Å². The van der Waals surface area contributed by atoms with Crippen molar-refractivity contribution in [2.24, 2.45) is 0 Å². The Balaban J connectivity index is 0.00000289. The quantitative estimate of drug-likeness (QED) is 0.0881. The van der Waals surface area contributed by atoms with Crippen LogP contribution in [0.3, 0.4) is 0 Å². The fourth-order valence-corrected chi connectivity index (χ4v) is 4.16. The number of hydrogen-bond acceptors (Lipinski definition) is 0. The van der Waals surface area contributed by atoms with Gasteiger partial charge in [0.25, 0.3) is 0 Å². The molecule has 0 nitrogen and oxygen atoms in total. The summed E-state index contributed by atoms with van der Waals surface area (Å²) in [5.41, 5.74) is 8.81. The van der Waals surface area contributed by atoms with Crippen molar-refractivity contribution in [2.75, 3.05) is 0 Å². The summed E-state index contributed by atoms with van der Waals surface area (Å²) in [6.07, 6.45) is 3.76. The largest absolute Gasteiger partial charge is 2.00 e. The normalized spacial score (nSPS) is 11.8. The second-order valence-corrected chi connectivity index (χ2v) is 7.99. The second-order valence-electron chi connectivity index (χ2n) is 7.99. The van der Waals surface area contributed by atoms with Gasteiger partial charge in [-0.05, 0) is 0 Å². The molecule has 35 heavy (non-hydrogen) atoms. The van der Waals surface area contributed by atoms with Crippen LogP contribution in [0.4, 0.5) is 0 Å². The van der Waals surface area contributed by atoms with Crippen LogP contribution in [0.2, 0.25) is 0 Å². The van der Waals surface area contributed by atoms with Crippen LogP contribution >= 0.6 is 0 Å². The number of hydrogen-bond donors (Lipinski definition) is 0. The Labute approximate surface area is 222 Å². The van der Waals surface area contributed by atoms with Gasteiger partial charge in [0.15, 0.2) is 0 Å². The predicted molar refractivity (Wildman–Crippen MR) is 143 cm³/mol. The molecule has 0 fully saturated rings. The van der Waals surface area contributed by atoms with Crippen LogP contribution < -0.4 is 0 Å². The molecule has 170 valence electrons. The molecule has 0 aliphatic rings. The van der Waals surface area contributed by atoms with Gasteiger partial charge in [-0.3, -0.25) is 0 Å². The van der Waals surface area contributed by atoms with Crippen molar-refractivity contribution < 1.29 is 20.4 Å². The molecule has 0 unspecified atom stereocenters. The Kier molecular flexibility index (Phi) is 8.42. The van der Waals surface area contributed by atoms with Gasteiger partial charge in [0.2, 0.25) is 0 Å². The molecule has 5 aromatic rings. The van der Waals surface area contributed by atoms with E-state index in [2.05, 4.69) is 140 Å².